The van der Waals surface area contributed by atoms with E-state index in [0.717, 1.165) is 16.7 Å². The zero-order valence-corrected chi connectivity index (χ0v) is 28.6. The molecule has 3 aromatic carbocycles. The molecule has 0 fully saturated rings. The third kappa shape index (κ3) is 10.3. The third-order valence-electron chi connectivity index (χ3n) is 7.14. The van der Waals surface area contributed by atoms with Gasteiger partial charge >= 0.3 is 12.2 Å². The van der Waals surface area contributed by atoms with Gasteiger partial charge in [-0.05, 0) is 113 Å². The fraction of sp³-hybridized carbons (Fsp3) is 0.351. The van der Waals surface area contributed by atoms with E-state index in [4.69, 9.17) is 14.2 Å². The van der Waals surface area contributed by atoms with Crippen LogP contribution in [0, 0.1) is 0 Å². The summed E-state index contributed by atoms with van der Waals surface area (Å²) in [7, 11) is 1.54. The Balaban J connectivity index is 1.31. The Kier molecular flexibility index (Phi) is 11.1. The highest BCUT2D eigenvalue weighted by atomic mass is 16.6. The lowest BCUT2D eigenvalue weighted by Crippen LogP contribution is -2.39. The summed E-state index contributed by atoms with van der Waals surface area (Å²) < 4.78 is 16.3. The van der Waals surface area contributed by atoms with Gasteiger partial charge < -0.3 is 35.1 Å². The molecule has 0 spiro atoms. The van der Waals surface area contributed by atoms with E-state index in [1.54, 1.807) is 80.3 Å². The molecule has 4 amide bonds. The van der Waals surface area contributed by atoms with E-state index in [0.29, 0.717) is 47.8 Å². The van der Waals surface area contributed by atoms with Crippen LogP contribution in [0.2, 0.25) is 0 Å². The van der Waals surface area contributed by atoms with E-state index in [2.05, 4.69) is 16.0 Å². The van der Waals surface area contributed by atoms with Crippen LogP contribution >= 0.6 is 0 Å². The van der Waals surface area contributed by atoms with Crippen LogP contribution in [0.15, 0.2) is 72.8 Å². The van der Waals surface area contributed by atoms with Gasteiger partial charge in [-0.15, -0.1) is 0 Å². The van der Waals surface area contributed by atoms with E-state index in [9.17, 15) is 19.2 Å². The number of nitrogens with zero attached hydrogens (tertiary/aromatic N) is 1. The number of hydrogen-bond donors (Lipinski definition) is 3. The second-order valence-corrected chi connectivity index (χ2v) is 13.4. The standard InChI is InChI=1S/C37H44N4O7/c1-36(2,3)47-34(44)38-23-24-8-15-29(16-9-24)39-32(42)26-10-12-27(13-11-26)33(43)40-30-17-14-28(22-31(30)46-7)25-18-20-41(21-19-25)35(45)48-37(4,5)6/h8-18,22H,19-21,23H2,1-7H3,(H,38,44)(H,39,42)(H,40,43). The van der Waals surface area contributed by atoms with Crippen molar-refractivity contribution in [3.05, 3.63) is 95.1 Å². The van der Waals surface area contributed by atoms with Crippen molar-refractivity contribution in [2.45, 2.75) is 65.7 Å². The Morgan fingerprint density at radius 2 is 1.38 bits per heavy atom. The van der Waals surface area contributed by atoms with Gasteiger partial charge in [0.25, 0.3) is 11.8 Å². The van der Waals surface area contributed by atoms with E-state index in [-0.39, 0.29) is 24.5 Å². The highest BCUT2D eigenvalue weighted by molar-refractivity contribution is 6.07. The van der Waals surface area contributed by atoms with Crippen LogP contribution in [-0.2, 0) is 16.0 Å². The highest BCUT2D eigenvalue weighted by Crippen LogP contribution is 2.32. The van der Waals surface area contributed by atoms with Crippen molar-refractivity contribution in [2.24, 2.45) is 0 Å². The zero-order chi connectivity index (χ0) is 35.1. The molecular formula is C37H44N4O7. The van der Waals surface area contributed by atoms with Crippen molar-refractivity contribution in [1.29, 1.82) is 0 Å². The van der Waals surface area contributed by atoms with Crippen LogP contribution in [0.4, 0.5) is 21.0 Å². The summed E-state index contributed by atoms with van der Waals surface area (Å²) in [5.74, 6) is -0.183. The van der Waals surface area contributed by atoms with Crippen molar-refractivity contribution in [2.75, 3.05) is 30.8 Å². The van der Waals surface area contributed by atoms with Crippen molar-refractivity contribution >= 4 is 40.9 Å². The average molecular weight is 657 g/mol. The Hall–Kier alpha value is -5.32. The summed E-state index contributed by atoms with van der Waals surface area (Å²) in [5, 5.41) is 8.42. The smallest absolute Gasteiger partial charge is 0.410 e. The molecule has 0 unspecified atom stereocenters. The average Bonchev–Trinajstić information content (AvgIpc) is 3.03. The maximum absolute atomic E-state index is 13.1. The van der Waals surface area contributed by atoms with Gasteiger partial charge in [0.2, 0.25) is 0 Å². The number of methoxy groups -OCH3 is 1. The molecule has 11 heteroatoms. The largest absolute Gasteiger partial charge is 0.495 e. The molecule has 0 saturated heterocycles. The number of amides is 4. The van der Waals surface area contributed by atoms with Crippen molar-refractivity contribution in [3.8, 4) is 5.75 Å². The zero-order valence-electron chi connectivity index (χ0n) is 28.6. The molecule has 254 valence electrons. The van der Waals surface area contributed by atoms with Crippen LogP contribution < -0.4 is 20.7 Å². The van der Waals surface area contributed by atoms with Gasteiger partial charge in [-0.25, -0.2) is 9.59 Å². The van der Waals surface area contributed by atoms with Crippen molar-refractivity contribution in [3.63, 3.8) is 0 Å². The molecule has 0 bridgehead atoms. The molecule has 0 radical (unpaired) electrons. The van der Waals surface area contributed by atoms with Gasteiger partial charge in [0, 0.05) is 36.4 Å². The maximum atomic E-state index is 13.1. The molecule has 4 rings (SSSR count). The van der Waals surface area contributed by atoms with E-state index in [1.165, 1.54) is 7.11 Å². The maximum Gasteiger partial charge on any atom is 0.410 e. The Bertz CT molecular complexity index is 1670. The highest BCUT2D eigenvalue weighted by Gasteiger charge is 2.24. The number of rotatable bonds is 8. The van der Waals surface area contributed by atoms with Gasteiger partial charge in [-0.1, -0.05) is 24.3 Å². The minimum absolute atomic E-state index is 0.289. The lowest BCUT2D eigenvalue weighted by atomic mass is 9.99. The van der Waals surface area contributed by atoms with E-state index in [1.807, 2.05) is 39.0 Å². The SMILES string of the molecule is COc1cc(C2=CCN(C(=O)OC(C)(C)C)CC2)ccc1NC(=O)c1ccc(C(=O)Nc2ccc(CNC(=O)OC(C)(C)C)cc2)cc1. The predicted molar refractivity (Wildman–Crippen MR) is 185 cm³/mol. The molecule has 3 N–H and O–H groups in total. The summed E-state index contributed by atoms with van der Waals surface area (Å²) in [6.45, 7) is 12.2. The number of nitrogens with one attached hydrogen (secondary N) is 3. The quantitative estimate of drug-likeness (QED) is 0.232. The molecule has 1 heterocycles. The minimum Gasteiger partial charge on any atom is -0.495 e. The second-order valence-electron chi connectivity index (χ2n) is 13.4. The monoisotopic (exact) mass is 656 g/mol. The van der Waals surface area contributed by atoms with E-state index >= 15 is 0 Å². The number of anilines is 2. The number of hydrogen-bond acceptors (Lipinski definition) is 7. The van der Waals surface area contributed by atoms with Crippen LogP contribution in [-0.4, -0.2) is 60.3 Å². The predicted octanol–water partition coefficient (Wildman–Crippen LogP) is 7.25. The molecule has 3 aromatic rings. The first kappa shape index (κ1) is 35.5. The Morgan fingerprint density at radius 3 is 1.92 bits per heavy atom. The first-order valence-electron chi connectivity index (χ1n) is 15.7. The van der Waals surface area contributed by atoms with Crippen molar-refractivity contribution < 1.29 is 33.4 Å². The Morgan fingerprint density at radius 1 is 0.771 bits per heavy atom. The van der Waals surface area contributed by atoms with Crippen LogP contribution in [0.3, 0.4) is 0 Å². The minimum atomic E-state index is -0.578. The number of carbonyl (C=O) groups is 4. The molecule has 11 nitrogen and oxygen atoms in total. The normalized spacial score (nSPS) is 13.1. The summed E-state index contributed by atoms with van der Waals surface area (Å²) in [4.78, 5) is 51.9. The van der Waals surface area contributed by atoms with Gasteiger partial charge in [-0.2, -0.15) is 0 Å². The molecule has 1 aliphatic heterocycles. The van der Waals surface area contributed by atoms with Gasteiger partial charge in [0.1, 0.15) is 17.0 Å². The number of ether oxygens (including phenoxy) is 3. The van der Waals surface area contributed by atoms with Gasteiger partial charge in [0.05, 0.1) is 12.8 Å². The first-order valence-corrected chi connectivity index (χ1v) is 15.7. The molecule has 0 aromatic heterocycles. The summed E-state index contributed by atoms with van der Waals surface area (Å²) in [6, 6.07) is 19.0. The third-order valence-corrected chi connectivity index (χ3v) is 7.14. The van der Waals surface area contributed by atoms with E-state index < -0.39 is 17.3 Å². The lowest BCUT2D eigenvalue weighted by molar-refractivity contribution is 0.0270. The summed E-state index contributed by atoms with van der Waals surface area (Å²) in [6.07, 6.45) is 1.82. The van der Waals surface area contributed by atoms with Crippen molar-refractivity contribution in [1.82, 2.24) is 10.2 Å². The second kappa shape index (κ2) is 15.1. The van der Waals surface area contributed by atoms with Crippen LogP contribution in [0.1, 0.15) is 79.8 Å². The summed E-state index contributed by atoms with van der Waals surface area (Å²) >= 11 is 0. The lowest BCUT2D eigenvalue weighted by Gasteiger charge is -2.29. The Labute approximate surface area is 281 Å². The molecule has 1 aliphatic rings. The number of benzene rings is 3. The molecule has 0 aliphatic carbocycles. The number of alkyl carbamates (subject to hydrolysis) is 1. The topological polar surface area (TPSA) is 135 Å². The fourth-order valence-corrected chi connectivity index (χ4v) is 4.78. The summed E-state index contributed by atoms with van der Waals surface area (Å²) in [5.41, 5.74) is 3.58. The number of carbonyl (C=O) groups excluding carboxylic acids is 4. The van der Waals surface area contributed by atoms with Gasteiger partial charge in [-0.3, -0.25) is 9.59 Å². The van der Waals surface area contributed by atoms with Gasteiger partial charge in [0.15, 0.2) is 0 Å². The molecular weight excluding hydrogens is 612 g/mol. The molecule has 0 saturated carbocycles. The van der Waals surface area contributed by atoms with Crippen LogP contribution in [0.5, 0.6) is 5.75 Å². The van der Waals surface area contributed by atoms with Crippen LogP contribution in [0.25, 0.3) is 5.57 Å². The molecule has 48 heavy (non-hydrogen) atoms. The molecule has 0 atom stereocenters. The fourth-order valence-electron chi connectivity index (χ4n) is 4.78. The first-order chi connectivity index (χ1) is 22.6.